The highest BCUT2D eigenvalue weighted by molar-refractivity contribution is 5.68. The fourth-order valence-corrected chi connectivity index (χ4v) is 1.68. The SMILES string of the molecule is CC(C)(C)OC(=O)NC(CN)c1ccc(OC(F)F)cc1F. The molecule has 8 heteroatoms. The number of rotatable bonds is 5. The molecule has 1 atom stereocenters. The number of nitrogens with one attached hydrogen (secondary N) is 1. The number of hydrogen-bond acceptors (Lipinski definition) is 4. The van der Waals surface area contributed by atoms with Crippen LogP contribution in [0.4, 0.5) is 18.0 Å². The van der Waals surface area contributed by atoms with Gasteiger partial charge in [0.25, 0.3) is 0 Å². The van der Waals surface area contributed by atoms with Crippen LogP contribution < -0.4 is 15.8 Å². The topological polar surface area (TPSA) is 73.6 Å². The number of carbonyl (C=O) groups excluding carboxylic acids is 1. The highest BCUT2D eigenvalue weighted by atomic mass is 19.3. The molecule has 0 saturated heterocycles. The van der Waals surface area contributed by atoms with Crippen molar-refractivity contribution in [1.82, 2.24) is 5.32 Å². The van der Waals surface area contributed by atoms with Crippen LogP contribution in [0, 0.1) is 5.82 Å². The van der Waals surface area contributed by atoms with Gasteiger partial charge >= 0.3 is 12.7 Å². The maximum atomic E-state index is 14.0. The van der Waals surface area contributed by atoms with Gasteiger partial charge in [0.05, 0.1) is 6.04 Å². The van der Waals surface area contributed by atoms with E-state index in [0.717, 1.165) is 6.07 Å². The minimum Gasteiger partial charge on any atom is -0.444 e. The van der Waals surface area contributed by atoms with E-state index in [-0.39, 0.29) is 17.9 Å². The highest BCUT2D eigenvalue weighted by Gasteiger charge is 2.22. The number of nitrogens with two attached hydrogens (primary N) is 1. The molecule has 1 unspecified atom stereocenters. The molecule has 22 heavy (non-hydrogen) atoms. The molecule has 0 aliphatic heterocycles. The van der Waals surface area contributed by atoms with Crippen molar-refractivity contribution < 1.29 is 27.4 Å². The van der Waals surface area contributed by atoms with E-state index in [1.54, 1.807) is 20.8 Å². The van der Waals surface area contributed by atoms with Gasteiger partial charge in [-0.1, -0.05) is 6.07 Å². The van der Waals surface area contributed by atoms with E-state index in [1.807, 2.05) is 0 Å². The molecular weight excluding hydrogens is 301 g/mol. The Hall–Kier alpha value is -1.96. The molecule has 5 nitrogen and oxygen atoms in total. The van der Waals surface area contributed by atoms with Gasteiger partial charge in [0.2, 0.25) is 0 Å². The fourth-order valence-electron chi connectivity index (χ4n) is 1.68. The van der Waals surface area contributed by atoms with Crippen LogP contribution in [0.3, 0.4) is 0 Å². The van der Waals surface area contributed by atoms with E-state index < -0.39 is 30.2 Å². The molecule has 124 valence electrons. The smallest absolute Gasteiger partial charge is 0.408 e. The van der Waals surface area contributed by atoms with Crippen LogP contribution in [0.15, 0.2) is 18.2 Å². The minimum atomic E-state index is -3.05. The summed E-state index contributed by atoms with van der Waals surface area (Å²) < 4.78 is 47.2. The van der Waals surface area contributed by atoms with Gasteiger partial charge in [0.1, 0.15) is 17.2 Å². The number of amides is 1. The summed E-state index contributed by atoms with van der Waals surface area (Å²) in [6, 6.07) is 2.35. The minimum absolute atomic E-state index is 0.0509. The Balaban J connectivity index is 2.84. The quantitative estimate of drug-likeness (QED) is 0.875. The maximum Gasteiger partial charge on any atom is 0.408 e. The Labute approximate surface area is 126 Å². The van der Waals surface area contributed by atoms with Crippen molar-refractivity contribution in [3.8, 4) is 5.75 Å². The van der Waals surface area contributed by atoms with Crippen LogP contribution in [0.2, 0.25) is 0 Å². The van der Waals surface area contributed by atoms with Crippen LogP contribution in [-0.4, -0.2) is 24.9 Å². The normalized spacial score (nSPS) is 12.9. The molecule has 0 heterocycles. The molecule has 1 aromatic carbocycles. The summed E-state index contributed by atoms with van der Waals surface area (Å²) in [6.07, 6.45) is -0.754. The Morgan fingerprint density at radius 3 is 2.45 bits per heavy atom. The van der Waals surface area contributed by atoms with Crippen LogP contribution in [-0.2, 0) is 4.74 Å². The molecule has 0 bridgehead atoms. The van der Waals surface area contributed by atoms with Gasteiger partial charge in [-0.15, -0.1) is 0 Å². The molecule has 0 spiro atoms. The van der Waals surface area contributed by atoms with Crippen LogP contribution in [0.5, 0.6) is 5.75 Å². The van der Waals surface area contributed by atoms with Crippen molar-refractivity contribution in [2.24, 2.45) is 5.73 Å². The predicted octanol–water partition coefficient (Wildman–Crippen LogP) is 2.95. The zero-order chi connectivity index (χ0) is 16.9. The van der Waals surface area contributed by atoms with E-state index in [9.17, 15) is 18.0 Å². The molecule has 0 aromatic heterocycles. The van der Waals surface area contributed by atoms with E-state index in [4.69, 9.17) is 10.5 Å². The van der Waals surface area contributed by atoms with Crippen molar-refractivity contribution in [2.45, 2.75) is 39.0 Å². The summed E-state index contributed by atoms with van der Waals surface area (Å²) in [5.74, 6) is -1.13. The molecule has 0 aliphatic carbocycles. The third-order valence-corrected chi connectivity index (χ3v) is 2.50. The first-order valence-corrected chi connectivity index (χ1v) is 6.56. The fraction of sp³-hybridized carbons (Fsp3) is 0.500. The lowest BCUT2D eigenvalue weighted by Crippen LogP contribution is -2.38. The van der Waals surface area contributed by atoms with Crippen LogP contribution >= 0.6 is 0 Å². The second kappa shape index (κ2) is 7.35. The largest absolute Gasteiger partial charge is 0.444 e. The van der Waals surface area contributed by atoms with Crippen molar-refractivity contribution in [1.29, 1.82) is 0 Å². The monoisotopic (exact) mass is 320 g/mol. The molecular formula is C14H19F3N2O3. The number of ether oxygens (including phenoxy) is 2. The number of alkyl halides is 2. The zero-order valence-electron chi connectivity index (χ0n) is 12.5. The van der Waals surface area contributed by atoms with Gasteiger partial charge in [0, 0.05) is 18.2 Å². The first-order chi connectivity index (χ1) is 10.1. The average Bonchev–Trinajstić information content (AvgIpc) is 2.33. The summed E-state index contributed by atoms with van der Waals surface area (Å²) in [5, 5.41) is 2.43. The zero-order valence-corrected chi connectivity index (χ0v) is 12.5. The summed E-state index contributed by atoms with van der Waals surface area (Å²) in [5.41, 5.74) is 4.86. The Morgan fingerprint density at radius 1 is 1.36 bits per heavy atom. The van der Waals surface area contributed by atoms with Crippen molar-refractivity contribution in [2.75, 3.05) is 6.54 Å². The second-order valence-corrected chi connectivity index (χ2v) is 5.50. The first-order valence-electron chi connectivity index (χ1n) is 6.56. The molecule has 1 aromatic rings. The summed E-state index contributed by atoms with van der Waals surface area (Å²) in [6.45, 7) is 1.91. The summed E-state index contributed by atoms with van der Waals surface area (Å²) in [7, 11) is 0. The number of carbonyl (C=O) groups is 1. The van der Waals surface area contributed by atoms with E-state index in [2.05, 4.69) is 10.1 Å². The molecule has 0 radical (unpaired) electrons. The van der Waals surface area contributed by atoms with E-state index >= 15 is 0 Å². The van der Waals surface area contributed by atoms with Crippen molar-refractivity contribution >= 4 is 6.09 Å². The molecule has 0 saturated carbocycles. The third kappa shape index (κ3) is 5.80. The lowest BCUT2D eigenvalue weighted by atomic mass is 10.1. The van der Waals surface area contributed by atoms with Crippen molar-refractivity contribution in [3.05, 3.63) is 29.6 Å². The Kier molecular flexibility index (Phi) is 6.04. The lowest BCUT2D eigenvalue weighted by Gasteiger charge is -2.23. The summed E-state index contributed by atoms with van der Waals surface area (Å²) >= 11 is 0. The Bertz CT molecular complexity index is 519. The number of benzene rings is 1. The standard InChI is InChI=1S/C14H19F3N2O3/c1-14(2,3)22-13(20)19-11(7-18)9-5-4-8(6-10(9)15)21-12(16)17/h4-6,11-12H,7,18H2,1-3H3,(H,19,20). The highest BCUT2D eigenvalue weighted by Crippen LogP contribution is 2.23. The lowest BCUT2D eigenvalue weighted by molar-refractivity contribution is -0.0500. The summed E-state index contributed by atoms with van der Waals surface area (Å²) in [4.78, 5) is 11.7. The first kappa shape index (κ1) is 18.1. The number of hydrogen-bond donors (Lipinski definition) is 2. The average molecular weight is 320 g/mol. The molecule has 0 aliphatic rings. The van der Waals surface area contributed by atoms with Gasteiger partial charge in [-0.2, -0.15) is 8.78 Å². The maximum absolute atomic E-state index is 14.0. The molecule has 1 rings (SSSR count). The van der Waals surface area contributed by atoms with Crippen molar-refractivity contribution in [3.63, 3.8) is 0 Å². The van der Waals surface area contributed by atoms with Gasteiger partial charge in [-0.25, -0.2) is 9.18 Å². The number of alkyl carbamates (subject to hydrolysis) is 1. The van der Waals surface area contributed by atoms with Gasteiger partial charge in [-0.05, 0) is 26.8 Å². The second-order valence-electron chi connectivity index (χ2n) is 5.50. The van der Waals surface area contributed by atoms with Gasteiger partial charge in [0.15, 0.2) is 0 Å². The van der Waals surface area contributed by atoms with E-state index in [1.165, 1.54) is 12.1 Å². The molecule has 1 amide bonds. The Morgan fingerprint density at radius 2 is 2.00 bits per heavy atom. The van der Waals surface area contributed by atoms with Gasteiger partial charge < -0.3 is 20.5 Å². The predicted molar refractivity (Wildman–Crippen MR) is 74.2 cm³/mol. The molecule has 3 N–H and O–H groups in total. The van der Waals surface area contributed by atoms with Gasteiger partial charge in [-0.3, -0.25) is 0 Å². The van der Waals surface area contributed by atoms with Crippen LogP contribution in [0.1, 0.15) is 32.4 Å². The third-order valence-electron chi connectivity index (χ3n) is 2.50. The molecule has 0 fully saturated rings. The number of halogens is 3. The van der Waals surface area contributed by atoms with Crippen LogP contribution in [0.25, 0.3) is 0 Å². The van der Waals surface area contributed by atoms with E-state index in [0.29, 0.717) is 0 Å².